The van der Waals surface area contributed by atoms with Crippen LogP contribution in [0.25, 0.3) is 10.8 Å². The zero-order valence-electron chi connectivity index (χ0n) is 14.1. The highest BCUT2D eigenvalue weighted by Gasteiger charge is 2.12. The van der Waals surface area contributed by atoms with Crippen molar-refractivity contribution < 1.29 is 9.18 Å². The van der Waals surface area contributed by atoms with Gasteiger partial charge in [0.25, 0.3) is 5.91 Å². The van der Waals surface area contributed by atoms with Crippen LogP contribution >= 0.6 is 0 Å². The molecule has 3 rings (SSSR count). The van der Waals surface area contributed by atoms with Crippen LogP contribution in [0.5, 0.6) is 0 Å². The summed E-state index contributed by atoms with van der Waals surface area (Å²) in [5.74, 6) is -0.407. The monoisotopic (exact) mass is 321 g/mol. The van der Waals surface area contributed by atoms with Crippen molar-refractivity contribution in [3.05, 3.63) is 82.7 Å². The third-order valence-electron chi connectivity index (χ3n) is 4.44. The van der Waals surface area contributed by atoms with Crippen LogP contribution in [0.4, 0.5) is 4.39 Å². The number of hydrogen-bond donors (Lipinski definition) is 1. The predicted molar refractivity (Wildman–Crippen MR) is 95.7 cm³/mol. The normalized spacial score (nSPS) is 12.2. The molecule has 0 fully saturated rings. The largest absolute Gasteiger partial charge is 0.346 e. The molecule has 0 saturated heterocycles. The molecule has 0 heterocycles. The Bertz CT molecular complexity index is 917. The van der Waals surface area contributed by atoms with Gasteiger partial charge in [-0.2, -0.15) is 0 Å². The summed E-state index contributed by atoms with van der Waals surface area (Å²) in [7, 11) is 0. The molecule has 1 amide bonds. The van der Waals surface area contributed by atoms with Gasteiger partial charge in [0.05, 0.1) is 6.04 Å². The number of fused-ring (bicyclic) bond motifs is 1. The number of carbonyl (C=O) groups excluding carboxylic acids is 1. The average molecular weight is 321 g/mol. The molecule has 122 valence electrons. The van der Waals surface area contributed by atoms with E-state index in [9.17, 15) is 9.18 Å². The molecule has 1 atom stereocenters. The summed E-state index contributed by atoms with van der Waals surface area (Å²) in [5.41, 5.74) is 4.10. The van der Waals surface area contributed by atoms with Crippen LogP contribution in [-0.4, -0.2) is 5.91 Å². The first-order valence-corrected chi connectivity index (χ1v) is 8.01. The van der Waals surface area contributed by atoms with Gasteiger partial charge in [0.1, 0.15) is 5.82 Å². The van der Waals surface area contributed by atoms with Gasteiger partial charge >= 0.3 is 0 Å². The van der Waals surface area contributed by atoms with Crippen molar-refractivity contribution in [3.63, 3.8) is 0 Å². The van der Waals surface area contributed by atoms with Crippen molar-refractivity contribution in [1.29, 1.82) is 0 Å². The fraction of sp³-hybridized carbons (Fsp3) is 0.190. The van der Waals surface area contributed by atoms with E-state index >= 15 is 0 Å². The molecule has 0 unspecified atom stereocenters. The molecular weight excluding hydrogens is 301 g/mol. The summed E-state index contributed by atoms with van der Waals surface area (Å²) in [6.45, 7) is 6.11. The van der Waals surface area contributed by atoms with Gasteiger partial charge in [0, 0.05) is 5.56 Å². The molecule has 3 heteroatoms. The first kappa shape index (κ1) is 16.2. The number of carbonyl (C=O) groups is 1. The molecule has 0 bridgehead atoms. The first-order valence-electron chi connectivity index (χ1n) is 8.01. The highest BCUT2D eigenvalue weighted by molar-refractivity contribution is 5.98. The number of benzene rings is 3. The second-order valence-corrected chi connectivity index (χ2v) is 6.25. The summed E-state index contributed by atoms with van der Waals surface area (Å²) in [6.07, 6.45) is 0. The fourth-order valence-electron chi connectivity index (χ4n) is 2.76. The van der Waals surface area contributed by atoms with Crippen molar-refractivity contribution in [2.75, 3.05) is 0 Å². The van der Waals surface area contributed by atoms with E-state index in [1.165, 1.54) is 23.3 Å². The molecule has 0 aliphatic carbocycles. The van der Waals surface area contributed by atoms with Gasteiger partial charge < -0.3 is 5.32 Å². The van der Waals surface area contributed by atoms with E-state index in [2.05, 4.69) is 31.3 Å². The highest BCUT2D eigenvalue weighted by Crippen LogP contribution is 2.20. The van der Waals surface area contributed by atoms with E-state index in [-0.39, 0.29) is 17.8 Å². The van der Waals surface area contributed by atoms with Gasteiger partial charge in [-0.1, -0.05) is 30.3 Å². The minimum absolute atomic E-state index is 0.0827. The maximum atomic E-state index is 13.2. The molecule has 0 spiro atoms. The van der Waals surface area contributed by atoms with Gasteiger partial charge in [-0.15, -0.1) is 0 Å². The lowest BCUT2D eigenvalue weighted by molar-refractivity contribution is 0.0940. The Morgan fingerprint density at radius 3 is 2.38 bits per heavy atom. The minimum Gasteiger partial charge on any atom is -0.346 e. The lowest BCUT2D eigenvalue weighted by Gasteiger charge is -2.16. The maximum absolute atomic E-state index is 13.2. The molecule has 0 aliphatic heterocycles. The van der Waals surface area contributed by atoms with E-state index in [0.29, 0.717) is 5.56 Å². The lowest BCUT2D eigenvalue weighted by Crippen LogP contribution is -2.26. The van der Waals surface area contributed by atoms with E-state index < -0.39 is 0 Å². The van der Waals surface area contributed by atoms with Crippen LogP contribution in [0.2, 0.25) is 0 Å². The molecule has 24 heavy (non-hydrogen) atoms. The Morgan fingerprint density at radius 2 is 1.62 bits per heavy atom. The molecule has 2 nitrogen and oxygen atoms in total. The number of rotatable bonds is 3. The number of halogens is 1. The first-order chi connectivity index (χ1) is 11.4. The lowest BCUT2D eigenvalue weighted by atomic mass is 10.0. The standard InChI is InChI=1S/C21H20FNO/c1-13-4-5-16(10-14(13)2)15(3)23-21(24)19-7-6-18-12-20(22)9-8-17(18)11-19/h4-12,15H,1-3H3,(H,23,24)/t15-/m1/s1. The van der Waals surface area contributed by atoms with Crippen LogP contribution in [0.15, 0.2) is 54.6 Å². The summed E-state index contributed by atoms with van der Waals surface area (Å²) in [6, 6.07) is 16.0. The highest BCUT2D eigenvalue weighted by atomic mass is 19.1. The van der Waals surface area contributed by atoms with Crippen molar-refractivity contribution >= 4 is 16.7 Å². The molecule has 1 N–H and O–H groups in total. The van der Waals surface area contributed by atoms with Gasteiger partial charge in [0.15, 0.2) is 0 Å². The zero-order chi connectivity index (χ0) is 17.3. The Labute approximate surface area is 141 Å². The van der Waals surface area contributed by atoms with E-state index in [1.807, 2.05) is 13.0 Å². The predicted octanol–water partition coefficient (Wildman–Crippen LogP) is 5.09. The van der Waals surface area contributed by atoms with Crippen LogP contribution in [0.1, 0.15) is 40.0 Å². The van der Waals surface area contributed by atoms with E-state index in [0.717, 1.165) is 16.3 Å². The average Bonchev–Trinajstić information content (AvgIpc) is 2.56. The quantitative estimate of drug-likeness (QED) is 0.715. The molecule has 0 aromatic heterocycles. The molecule has 0 saturated carbocycles. The third-order valence-corrected chi connectivity index (χ3v) is 4.44. The zero-order valence-corrected chi connectivity index (χ0v) is 14.1. The summed E-state index contributed by atoms with van der Waals surface area (Å²) in [5, 5.41) is 4.66. The van der Waals surface area contributed by atoms with Crippen LogP contribution in [0, 0.1) is 19.7 Å². The molecule has 3 aromatic carbocycles. The number of aryl methyl sites for hydroxylation is 2. The minimum atomic E-state index is -0.275. The summed E-state index contributed by atoms with van der Waals surface area (Å²) >= 11 is 0. The van der Waals surface area contributed by atoms with Crippen molar-refractivity contribution in [2.24, 2.45) is 0 Å². The Hall–Kier alpha value is -2.68. The Morgan fingerprint density at radius 1 is 0.917 bits per heavy atom. The van der Waals surface area contributed by atoms with Gasteiger partial charge in [-0.05, 0) is 72.5 Å². The second kappa shape index (κ2) is 6.44. The molecule has 3 aromatic rings. The molecule has 0 aliphatic rings. The Kier molecular flexibility index (Phi) is 4.34. The van der Waals surface area contributed by atoms with Gasteiger partial charge in [-0.25, -0.2) is 4.39 Å². The number of amides is 1. The smallest absolute Gasteiger partial charge is 0.251 e. The van der Waals surface area contributed by atoms with E-state index in [4.69, 9.17) is 0 Å². The van der Waals surface area contributed by atoms with E-state index in [1.54, 1.807) is 24.3 Å². The van der Waals surface area contributed by atoms with Gasteiger partial charge in [-0.3, -0.25) is 4.79 Å². The van der Waals surface area contributed by atoms with Crippen LogP contribution < -0.4 is 5.32 Å². The third kappa shape index (κ3) is 3.30. The van der Waals surface area contributed by atoms with Crippen LogP contribution in [0.3, 0.4) is 0 Å². The maximum Gasteiger partial charge on any atom is 0.251 e. The topological polar surface area (TPSA) is 29.1 Å². The number of hydrogen-bond acceptors (Lipinski definition) is 1. The second-order valence-electron chi connectivity index (χ2n) is 6.25. The fourth-order valence-corrected chi connectivity index (χ4v) is 2.76. The Balaban J connectivity index is 1.81. The molecule has 0 radical (unpaired) electrons. The van der Waals surface area contributed by atoms with Crippen molar-refractivity contribution in [1.82, 2.24) is 5.32 Å². The van der Waals surface area contributed by atoms with Crippen molar-refractivity contribution in [2.45, 2.75) is 26.8 Å². The van der Waals surface area contributed by atoms with Crippen molar-refractivity contribution in [3.8, 4) is 0 Å². The summed E-state index contributed by atoms with van der Waals surface area (Å²) in [4.78, 5) is 12.5. The molecular formula is C21H20FNO. The number of nitrogens with one attached hydrogen (secondary N) is 1. The van der Waals surface area contributed by atoms with Gasteiger partial charge in [0.2, 0.25) is 0 Å². The summed E-state index contributed by atoms with van der Waals surface area (Å²) < 4.78 is 13.2. The SMILES string of the molecule is Cc1ccc([C@@H](C)NC(=O)c2ccc3cc(F)ccc3c2)cc1C. The van der Waals surface area contributed by atoms with Crippen LogP contribution in [-0.2, 0) is 0 Å².